The van der Waals surface area contributed by atoms with Crippen LogP contribution in [-0.2, 0) is 4.79 Å². The van der Waals surface area contributed by atoms with E-state index in [1.807, 2.05) is 50.2 Å². The van der Waals surface area contributed by atoms with E-state index >= 15 is 0 Å². The van der Waals surface area contributed by atoms with Gasteiger partial charge in [-0.05, 0) is 67.9 Å². The second-order valence-electron chi connectivity index (χ2n) is 6.86. The van der Waals surface area contributed by atoms with Gasteiger partial charge in [-0.2, -0.15) is 0 Å². The predicted molar refractivity (Wildman–Crippen MR) is 126 cm³/mol. The SMILES string of the molecule is CCC(Sc1cccc(NC(=O)c2ccc(C)cc2)c1)C(=O)Nc1ccc(Cl)cc1. The summed E-state index contributed by atoms with van der Waals surface area (Å²) in [5, 5.41) is 6.21. The van der Waals surface area contributed by atoms with Crippen molar-refractivity contribution in [2.75, 3.05) is 10.6 Å². The van der Waals surface area contributed by atoms with Gasteiger partial charge in [0.1, 0.15) is 0 Å². The van der Waals surface area contributed by atoms with Crippen LogP contribution in [0.5, 0.6) is 0 Å². The van der Waals surface area contributed by atoms with E-state index in [1.54, 1.807) is 36.4 Å². The summed E-state index contributed by atoms with van der Waals surface area (Å²) in [5.41, 5.74) is 3.11. The molecule has 0 aliphatic carbocycles. The minimum Gasteiger partial charge on any atom is -0.325 e. The molecule has 0 saturated carbocycles. The highest BCUT2D eigenvalue weighted by molar-refractivity contribution is 8.00. The van der Waals surface area contributed by atoms with Crippen LogP contribution in [0, 0.1) is 6.92 Å². The molecule has 6 heteroatoms. The first-order chi connectivity index (χ1) is 14.4. The molecule has 0 aliphatic rings. The Kier molecular flexibility index (Phi) is 7.55. The standard InChI is InChI=1S/C24H23ClN2O2S/c1-3-22(24(29)26-19-13-11-18(25)12-14-19)30-21-6-4-5-20(15-21)27-23(28)17-9-7-16(2)8-10-17/h4-15,22H,3H2,1-2H3,(H,26,29)(H,27,28). The Morgan fingerprint density at radius 3 is 2.30 bits per heavy atom. The molecule has 3 rings (SSSR count). The van der Waals surface area contributed by atoms with Crippen LogP contribution in [-0.4, -0.2) is 17.1 Å². The second kappa shape index (κ2) is 10.3. The molecule has 2 amide bonds. The van der Waals surface area contributed by atoms with Gasteiger partial charge in [-0.25, -0.2) is 0 Å². The molecule has 0 aliphatic heterocycles. The van der Waals surface area contributed by atoms with Gasteiger partial charge in [0.25, 0.3) is 5.91 Å². The van der Waals surface area contributed by atoms with Crippen LogP contribution in [0.1, 0.15) is 29.3 Å². The van der Waals surface area contributed by atoms with E-state index in [0.717, 1.165) is 10.5 Å². The summed E-state index contributed by atoms with van der Waals surface area (Å²) < 4.78 is 0. The lowest BCUT2D eigenvalue weighted by atomic mass is 10.1. The smallest absolute Gasteiger partial charge is 0.255 e. The molecule has 1 atom stereocenters. The van der Waals surface area contributed by atoms with Gasteiger partial charge in [0.05, 0.1) is 5.25 Å². The summed E-state index contributed by atoms with van der Waals surface area (Å²) in [6.07, 6.45) is 0.671. The molecular formula is C24H23ClN2O2S. The Morgan fingerprint density at radius 2 is 1.63 bits per heavy atom. The van der Waals surface area contributed by atoms with Crippen molar-refractivity contribution in [1.82, 2.24) is 0 Å². The first-order valence-corrected chi connectivity index (χ1v) is 10.9. The zero-order chi connectivity index (χ0) is 21.5. The van der Waals surface area contributed by atoms with E-state index in [0.29, 0.717) is 28.4 Å². The molecule has 0 bridgehead atoms. The highest BCUT2D eigenvalue weighted by atomic mass is 35.5. The Morgan fingerprint density at radius 1 is 0.933 bits per heavy atom. The zero-order valence-electron chi connectivity index (χ0n) is 16.8. The van der Waals surface area contributed by atoms with Crippen molar-refractivity contribution in [1.29, 1.82) is 0 Å². The normalized spacial score (nSPS) is 11.6. The molecule has 0 fully saturated rings. The van der Waals surface area contributed by atoms with E-state index in [1.165, 1.54) is 11.8 Å². The molecule has 4 nitrogen and oxygen atoms in total. The lowest BCUT2D eigenvalue weighted by Crippen LogP contribution is -2.24. The van der Waals surface area contributed by atoms with Gasteiger partial charge in [-0.3, -0.25) is 9.59 Å². The van der Waals surface area contributed by atoms with Crippen molar-refractivity contribution in [2.24, 2.45) is 0 Å². The number of amides is 2. The molecule has 3 aromatic carbocycles. The summed E-state index contributed by atoms with van der Waals surface area (Å²) >= 11 is 7.36. The molecular weight excluding hydrogens is 416 g/mol. The van der Waals surface area contributed by atoms with E-state index in [9.17, 15) is 9.59 Å². The van der Waals surface area contributed by atoms with Crippen LogP contribution in [0.2, 0.25) is 5.02 Å². The minimum absolute atomic E-state index is 0.0704. The van der Waals surface area contributed by atoms with Crippen molar-refractivity contribution in [3.8, 4) is 0 Å². The molecule has 30 heavy (non-hydrogen) atoms. The van der Waals surface area contributed by atoms with Crippen molar-refractivity contribution < 1.29 is 9.59 Å². The number of hydrogen-bond donors (Lipinski definition) is 2. The fourth-order valence-corrected chi connectivity index (χ4v) is 3.94. The number of carbonyl (C=O) groups excluding carboxylic acids is 2. The van der Waals surface area contributed by atoms with Gasteiger partial charge in [0.15, 0.2) is 0 Å². The highest BCUT2D eigenvalue weighted by Gasteiger charge is 2.18. The molecule has 2 N–H and O–H groups in total. The van der Waals surface area contributed by atoms with E-state index in [-0.39, 0.29) is 17.1 Å². The van der Waals surface area contributed by atoms with Crippen LogP contribution in [0.4, 0.5) is 11.4 Å². The third-order valence-corrected chi connectivity index (χ3v) is 6.07. The van der Waals surface area contributed by atoms with Crippen LogP contribution in [0.3, 0.4) is 0 Å². The maximum absolute atomic E-state index is 12.7. The van der Waals surface area contributed by atoms with Crippen molar-refractivity contribution in [3.05, 3.63) is 88.9 Å². The Bertz CT molecular complexity index is 1020. The summed E-state index contributed by atoms with van der Waals surface area (Å²) in [5.74, 6) is -0.233. The molecule has 154 valence electrons. The molecule has 0 saturated heterocycles. The largest absolute Gasteiger partial charge is 0.325 e. The maximum atomic E-state index is 12.7. The highest BCUT2D eigenvalue weighted by Crippen LogP contribution is 2.29. The zero-order valence-corrected chi connectivity index (χ0v) is 18.4. The molecule has 0 aromatic heterocycles. The maximum Gasteiger partial charge on any atom is 0.255 e. The van der Waals surface area contributed by atoms with Gasteiger partial charge in [0.2, 0.25) is 5.91 Å². The van der Waals surface area contributed by atoms with E-state index in [2.05, 4.69) is 10.6 Å². The number of thioether (sulfide) groups is 1. The lowest BCUT2D eigenvalue weighted by molar-refractivity contribution is -0.115. The van der Waals surface area contributed by atoms with Crippen LogP contribution >= 0.6 is 23.4 Å². The number of nitrogens with one attached hydrogen (secondary N) is 2. The van der Waals surface area contributed by atoms with Crippen LogP contribution in [0.15, 0.2) is 77.7 Å². The van der Waals surface area contributed by atoms with Gasteiger partial charge >= 0.3 is 0 Å². The van der Waals surface area contributed by atoms with Crippen molar-refractivity contribution >= 4 is 46.6 Å². The second-order valence-corrected chi connectivity index (χ2v) is 8.57. The fraction of sp³-hybridized carbons (Fsp3) is 0.167. The fourth-order valence-electron chi connectivity index (χ4n) is 2.80. The quantitative estimate of drug-likeness (QED) is 0.419. The third-order valence-electron chi connectivity index (χ3n) is 4.46. The van der Waals surface area contributed by atoms with Gasteiger partial charge in [0, 0.05) is 26.9 Å². The molecule has 0 spiro atoms. The van der Waals surface area contributed by atoms with Crippen LogP contribution < -0.4 is 10.6 Å². The third kappa shape index (κ3) is 6.12. The number of anilines is 2. The van der Waals surface area contributed by atoms with Gasteiger partial charge in [-0.1, -0.05) is 42.3 Å². The predicted octanol–water partition coefficient (Wildman–Crippen LogP) is 6.41. The summed E-state index contributed by atoms with van der Waals surface area (Å²) in [4.78, 5) is 26.0. The molecule has 1 unspecified atom stereocenters. The average Bonchev–Trinajstić information content (AvgIpc) is 2.74. The molecule has 0 radical (unpaired) electrons. The summed E-state index contributed by atoms with van der Waals surface area (Å²) in [6, 6.07) is 22.0. The summed E-state index contributed by atoms with van der Waals surface area (Å²) in [6.45, 7) is 3.96. The van der Waals surface area contributed by atoms with Gasteiger partial charge < -0.3 is 10.6 Å². The number of carbonyl (C=O) groups is 2. The summed E-state index contributed by atoms with van der Waals surface area (Å²) in [7, 11) is 0. The monoisotopic (exact) mass is 438 g/mol. The first-order valence-electron chi connectivity index (χ1n) is 9.66. The van der Waals surface area contributed by atoms with Gasteiger partial charge in [-0.15, -0.1) is 11.8 Å². The number of benzene rings is 3. The first kappa shape index (κ1) is 21.9. The number of hydrogen-bond acceptors (Lipinski definition) is 3. The minimum atomic E-state index is -0.260. The molecule has 0 heterocycles. The molecule has 3 aromatic rings. The van der Waals surface area contributed by atoms with Crippen LogP contribution in [0.25, 0.3) is 0 Å². The van der Waals surface area contributed by atoms with Crippen molar-refractivity contribution in [3.63, 3.8) is 0 Å². The Balaban J connectivity index is 1.65. The number of halogens is 1. The average molecular weight is 439 g/mol. The van der Waals surface area contributed by atoms with E-state index < -0.39 is 0 Å². The Labute approximate surface area is 186 Å². The Hall–Kier alpha value is -2.76. The topological polar surface area (TPSA) is 58.2 Å². The number of aryl methyl sites for hydroxylation is 1. The van der Waals surface area contributed by atoms with E-state index in [4.69, 9.17) is 11.6 Å². The number of rotatable bonds is 7. The lowest BCUT2D eigenvalue weighted by Gasteiger charge is -2.15. The van der Waals surface area contributed by atoms with Crippen molar-refractivity contribution in [2.45, 2.75) is 30.4 Å².